The van der Waals surface area contributed by atoms with Crippen LogP contribution in [0.15, 0.2) is 48.5 Å². The molecule has 4 nitrogen and oxygen atoms in total. The van der Waals surface area contributed by atoms with Gasteiger partial charge < -0.3 is 10.2 Å². The lowest BCUT2D eigenvalue weighted by molar-refractivity contribution is -0.116. The Morgan fingerprint density at radius 1 is 1.09 bits per heavy atom. The molecule has 0 aromatic heterocycles. The van der Waals surface area contributed by atoms with Gasteiger partial charge in [-0.05, 0) is 42.8 Å². The third-order valence-corrected chi connectivity index (χ3v) is 3.78. The minimum Gasteiger partial charge on any atom is -0.350 e. The molecule has 0 unspecified atom stereocenters. The summed E-state index contributed by atoms with van der Waals surface area (Å²) in [5, 5.41) is 3.46. The van der Waals surface area contributed by atoms with Crippen molar-refractivity contribution in [3.8, 4) is 0 Å². The van der Waals surface area contributed by atoms with Gasteiger partial charge in [0.2, 0.25) is 5.91 Å². The van der Waals surface area contributed by atoms with Gasteiger partial charge in [-0.15, -0.1) is 0 Å². The van der Waals surface area contributed by atoms with Gasteiger partial charge in [0.15, 0.2) is 0 Å². The molecule has 0 aliphatic heterocycles. The van der Waals surface area contributed by atoms with E-state index in [0.29, 0.717) is 23.7 Å². The van der Waals surface area contributed by atoms with Gasteiger partial charge in [-0.25, -0.2) is 0 Å². The normalized spacial score (nSPS) is 10.2. The summed E-state index contributed by atoms with van der Waals surface area (Å²) in [5.74, 6) is -0.222. The van der Waals surface area contributed by atoms with Gasteiger partial charge in [0.25, 0.3) is 5.91 Å². The van der Waals surface area contributed by atoms with E-state index in [-0.39, 0.29) is 11.8 Å². The van der Waals surface area contributed by atoms with E-state index >= 15 is 0 Å². The van der Waals surface area contributed by atoms with E-state index < -0.39 is 0 Å². The number of halogens is 1. The third-order valence-electron chi connectivity index (χ3n) is 3.53. The molecule has 23 heavy (non-hydrogen) atoms. The fourth-order valence-electron chi connectivity index (χ4n) is 2.29. The van der Waals surface area contributed by atoms with Crippen LogP contribution in [-0.4, -0.2) is 24.9 Å². The molecular formula is C18H19ClN2O2. The summed E-state index contributed by atoms with van der Waals surface area (Å²) in [5.41, 5.74) is 2.33. The van der Waals surface area contributed by atoms with Gasteiger partial charge in [-0.1, -0.05) is 29.8 Å². The Hall–Kier alpha value is -2.33. The minimum absolute atomic E-state index is 0.0857. The summed E-state index contributed by atoms with van der Waals surface area (Å²) in [7, 11) is 0. The lowest BCUT2D eigenvalue weighted by atomic mass is 10.1. The van der Waals surface area contributed by atoms with Crippen LogP contribution in [0.2, 0.25) is 5.02 Å². The van der Waals surface area contributed by atoms with E-state index in [4.69, 9.17) is 11.6 Å². The average molecular weight is 331 g/mol. The number of carbonyl (C=O) groups excluding carboxylic acids is 2. The zero-order valence-corrected chi connectivity index (χ0v) is 13.9. The first-order valence-electron chi connectivity index (χ1n) is 7.36. The number of anilines is 1. The van der Waals surface area contributed by atoms with E-state index in [1.54, 1.807) is 35.2 Å². The van der Waals surface area contributed by atoms with E-state index in [9.17, 15) is 9.59 Å². The molecule has 0 spiro atoms. The maximum atomic E-state index is 12.2. The van der Waals surface area contributed by atoms with Crippen molar-refractivity contribution in [2.75, 3.05) is 18.0 Å². The van der Waals surface area contributed by atoms with Crippen molar-refractivity contribution < 1.29 is 9.59 Å². The first-order chi connectivity index (χ1) is 11.0. The molecule has 0 fully saturated rings. The fraction of sp³-hybridized carbons (Fsp3) is 0.222. The molecule has 2 rings (SSSR count). The van der Waals surface area contributed by atoms with Crippen molar-refractivity contribution >= 4 is 29.1 Å². The fourth-order valence-corrected chi connectivity index (χ4v) is 2.42. The van der Waals surface area contributed by atoms with Crippen LogP contribution in [0.5, 0.6) is 0 Å². The zero-order valence-electron chi connectivity index (χ0n) is 13.2. The summed E-state index contributed by atoms with van der Waals surface area (Å²) in [6, 6.07) is 14.4. The van der Waals surface area contributed by atoms with Crippen LogP contribution in [0.25, 0.3) is 0 Å². The molecule has 0 aliphatic rings. The van der Waals surface area contributed by atoms with Crippen LogP contribution in [-0.2, 0) is 4.79 Å². The number of nitrogens with one attached hydrogen (secondary N) is 1. The number of amides is 2. The second-order valence-electron chi connectivity index (χ2n) is 5.22. The monoisotopic (exact) mass is 330 g/mol. The number of rotatable bonds is 5. The van der Waals surface area contributed by atoms with Crippen molar-refractivity contribution in [3.63, 3.8) is 0 Å². The quantitative estimate of drug-likeness (QED) is 0.913. The van der Waals surface area contributed by atoms with Crippen LogP contribution >= 0.6 is 11.6 Å². The maximum absolute atomic E-state index is 12.2. The Morgan fingerprint density at radius 3 is 2.35 bits per heavy atom. The zero-order chi connectivity index (χ0) is 16.8. The Balaban J connectivity index is 1.97. The van der Waals surface area contributed by atoms with E-state index in [1.165, 1.54) is 6.92 Å². The first-order valence-corrected chi connectivity index (χ1v) is 7.74. The molecule has 120 valence electrons. The standard InChI is InChI=1S/C18H19ClN2O2/c1-13-5-3-4-6-17(13)18(23)20-11-12-21(14(2)22)16-9-7-15(19)8-10-16/h3-10H,11-12H2,1-2H3,(H,20,23). The minimum atomic E-state index is -0.136. The van der Waals surface area contributed by atoms with Crippen molar-refractivity contribution in [3.05, 3.63) is 64.7 Å². The summed E-state index contributed by atoms with van der Waals surface area (Å²) in [6.07, 6.45) is 0. The summed E-state index contributed by atoms with van der Waals surface area (Å²) < 4.78 is 0. The number of hydrogen-bond donors (Lipinski definition) is 1. The van der Waals surface area contributed by atoms with Crippen molar-refractivity contribution in [2.24, 2.45) is 0 Å². The molecule has 0 bridgehead atoms. The van der Waals surface area contributed by atoms with Crippen molar-refractivity contribution in [1.82, 2.24) is 5.32 Å². The molecule has 2 amide bonds. The van der Waals surface area contributed by atoms with Gasteiger partial charge in [-0.3, -0.25) is 9.59 Å². The number of aryl methyl sites for hydroxylation is 1. The second-order valence-corrected chi connectivity index (χ2v) is 5.65. The topological polar surface area (TPSA) is 49.4 Å². The molecule has 0 saturated heterocycles. The van der Waals surface area contributed by atoms with Gasteiger partial charge in [0.05, 0.1) is 0 Å². The highest BCUT2D eigenvalue weighted by atomic mass is 35.5. The SMILES string of the molecule is CC(=O)N(CCNC(=O)c1ccccc1C)c1ccc(Cl)cc1. The van der Waals surface area contributed by atoms with Crippen molar-refractivity contribution in [2.45, 2.75) is 13.8 Å². The number of hydrogen-bond acceptors (Lipinski definition) is 2. The molecule has 0 radical (unpaired) electrons. The van der Waals surface area contributed by atoms with Gasteiger partial charge in [-0.2, -0.15) is 0 Å². The predicted octanol–water partition coefficient (Wildman–Crippen LogP) is 3.43. The smallest absolute Gasteiger partial charge is 0.251 e. The highest BCUT2D eigenvalue weighted by Gasteiger charge is 2.13. The number of carbonyl (C=O) groups is 2. The summed E-state index contributed by atoms with van der Waals surface area (Å²) in [4.78, 5) is 25.6. The van der Waals surface area contributed by atoms with Gasteiger partial charge in [0, 0.05) is 36.3 Å². The molecule has 0 saturated carbocycles. The van der Waals surface area contributed by atoms with Gasteiger partial charge in [0.1, 0.15) is 0 Å². The molecule has 1 N–H and O–H groups in total. The molecule has 2 aromatic carbocycles. The third kappa shape index (κ3) is 4.57. The summed E-state index contributed by atoms with van der Waals surface area (Å²) in [6.45, 7) is 4.16. The maximum Gasteiger partial charge on any atom is 0.251 e. The average Bonchev–Trinajstić information content (AvgIpc) is 2.52. The first kappa shape index (κ1) is 17.0. The van der Waals surface area contributed by atoms with Crippen molar-refractivity contribution in [1.29, 1.82) is 0 Å². The Morgan fingerprint density at radius 2 is 1.74 bits per heavy atom. The lowest BCUT2D eigenvalue weighted by Gasteiger charge is -2.21. The molecule has 0 heterocycles. The Labute approximate surface area is 141 Å². The molecule has 0 atom stereocenters. The number of benzene rings is 2. The molecular weight excluding hydrogens is 312 g/mol. The Kier molecular flexibility index (Phi) is 5.77. The highest BCUT2D eigenvalue weighted by molar-refractivity contribution is 6.30. The van der Waals surface area contributed by atoms with E-state index in [2.05, 4.69) is 5.32 Å². The largest absolute Gasteiger partial charge is 0.350 e. The predicted molar refractivity (Wildman–Crippen MR) is 93.0 cm³/mol. The Bertz CT molecular complexity index is 698. The molecule has 5 heteroatoms. The molecule has 2 aromatic rings. The van der Waals surface area contributed by atoms with Crippen LogP contribution in [0.4, 0.5) is 5.69 Å². The van der Waals surface area contributed by atoms with Crippen LogP contribution in [0.3, 0.4) is 0 Å². The summed E-state index contributed by atoms with van der Waals surface area (Å²) >= 11 is 5.86. The highest BCUT2D eigenvalue weighted by Crippen LogP contribution is 2.17. The van der Waals surface area contributed by atoms with Crippen LogP contribution in [0, 0.1) is 6.92 Å². The van der Waals surface area contributed by atoms with Crippen LogP contribution in [0.1, 0.15) is 22.8 Å². The van der Waals surface area contributed by atoms with Gasteiger partial charge >= 0.3 is 0 Å². The number of nitrogens with zero attached hydrogens (tertiary/aromatic N) is 1. The van der Waals surface area contributed by atoms with E-state index in [0.717, 1.165) is 11.3 Å². The van der Waals surface area contributed by atoms with E-state index in [1.807, 2.05) is 25.1 Å². The second kappa shape index (κ2) is 7.79. The lowest BCUT2D eigenvalue weighted by Crippen LogP contribution is -2.37. The van der Waals surface area contributed by atoms with Crippen LogP contribution < -0.4 is 10.2 Å². The molecule has 0 aliphatic carbocycles.